The molecule has 0 aliphatic rings. The molecule has 90 valence electrons. The van der Waals surface area contributed by atoms with Crippen molar-refractivity contribution < 1.29 is 0 Å². The smallest absolute Gasteiger partial charge is 0.0673 e. The van der Waals surface area contributed by atoms with E-state index in [1.165, 1.54) is 5.56 Å². The summed E-state index contributed by atoms with van der Waals surface area (Å²) in [5.41, 5.74) is 4.74. The Morgan fingerprint density at radius 3 is 2.41 bits per heavy atom. The van der Waals surface area contributed by atoms with Crippen molar-refractivity contribution in [1.29, 1.82) is 0 Å². The Labute approximate surface area is 107 Å². The zero-order valence-corrected chi connectivity index (χ0v) is 10.7. The first-order chi connectivity index (χ1) is 8.29. The van der Waals surface area contributed by atoms with Crippen molar-refractivity contribution in [2.45, 2.75) is 25.8 Å². The maximum absolute atomic E-state index is 5.91. The van der Waals surface area contributed by atoms with E-state index >= 15 is 0 Å². The summed E-state index contributed by atoms with van der Waals surface area (Å²) in [5.74, 6) is 0. The van der Waals surface area contributed by atoms with Crippen molar-refractivity contribution in [2.24, 2.45) is 0 Å². The lowest BCUT2D eigenvalue weighted by atomic mass is 10.0. The minimum absolute atomic E-state index is 0.324. The van der Waals surface area contributed by atoms with E-state index in [1.54, 1.807) is 0 Å². The lowest BCUT2D eigenvalue weighted by Gasteiger charge is -2.20. The largest absolute Gasteiger partial charge is 0.319 e. The number of nitrogens with one attached hydrogen (secondary N) is 1. The number of benzene rings is 1. The molecular formula is C14H17ClN2. The van der Waals surface area contributed by atoms with Gasteiger partial charge in [0.2, 0.25) is 0 Å². The molecule has 1 atom stereocenters. The molecule has 2 rings (SSSR count). The number of hydrogen-bond donors (Lipinski definition) is 1. The highest BCUT2D eigenvalue weighted by molar-refractivity contribution is 6.30. The van der Waals surface area contributed by atoms with Crippen molar-refractivity contribution in [3.05, 3.63) is 59.4 Å². The SMILES string of the molecule is CCCC(Nn1cccc1)c1ccc(Cl)cc1. The maximum atomic E-state index is 5.91. The molecule has 0 amide bonds. The van der Waals surface area contributed by atoms with Crippen LogP contribution in [0.2, 0.25) is 5.02 Å². The highest BCUT2D eigenvalue weighted by atomic mass is 35.5. The first kappa shape index (κ1) is 12.1. The molecule has 2 nitrogen and oxygen atoms in total. The predicted octanol–water partition coefficient (Wildman–Crippen LogP) is 4.23. The molecule has 1 aromatic heterocycles. The second kappa shape index (κ2) is 5.78. The molecule has 1 unspecified atom stereocenters. The van der Waals surface area contributed by atoms with Crippen LogP contribution in [0.1, 0.15) is 31.4 Å². The summed E-state index contributed by atoms with van der Waals surface area (Å²) in [6.45, 7) is 2.19. The zero-order chi connectivity index (χ0) is 12.1. The normalized spacial score (nSPS) is 12.4. The predicted molar refractivity (Wildman–Crippen MR) is 72.9 cm³/mol. The van der Waals surface area contributed by atoms with Gasteiger partial charge in [0.25, 0.3) is 0 Å². The first-order valence-electron chi connectivity index (χ1n) is 5.94. The molecule has 0 radical (unpaired) electrons. The summed E-state index contributed by atoms with van der Waals surface area (Å²) < 4.78 is 1.99. The van der Waals surface area contributed by atoms with E-state index in [4.69, 9.17) is 11.6 Å². The third-order valence-electron chi connectivity index (χ3n) is 2.76. The quantitative estimate of drug-likeness (QED) is 0.838. The van der Waals surface area contributed by atoms with E-state index in [0.717, 1.165) is 17.9 Å². The Kier molecular flexibility index (Phi) is 4.10. The van der Waals surface area contributed by atoms with Gasteiger partial charge in [0.05, 0.1) is 6.04 Å². The highest BCUT2D eigenvalue weighted by Gasteiger charge is 2.09. The molecule has 3 heteroatoms. The fourth-order valence-electron chi connectivity index (χ4n) is 1.89. The van der Waals surface area contributed by atoms with Crippen LogP contribution in [0.3, 0.4) is 0 Å². The number of rotatable bonds is 5. The van der Waals surface area contributed by atoms with E-state index in [9.17, 15) is 0 Å². The minimum Gasteiger partial charge on any atom is -0.319 e. The Balaban J connectivity index is 2.13. The van der Waals surface area contributed by atoms with Crippen molar-refractivity contribution in [3.63, 3.8) is 0 Å². The van der Waals surface area contributed by atoms with Gasteiger partial charge in [0.1, 0.15) is 0 Å². The maximum Gasteiger partial charge on any atom is 0.0673 e. The lowest BCUT2D eigenvalue weighted by Crippen LogP contribution is -2.19. The van der Waals surface area contributed by atoms with Crippen molar-refractivity contribution in [2.75, 3.05) is 5.43 Å². The van der Waals surface area contributed by atoms with E-state index in [1.807, 2.05) is 41.3 Å². The monoisotopic (exact) mass is 248 g/mol. The van der Waals surface area contributed by atoms with Gasteiger partial charge < -0.3 is 5.43 Å². The first-order valence-corrected chi connectivity index (χ1v) is 6.32. The van der Waals surface area contributed by atoms with Crippen molar-refractivity contribution >= 4 is 11.6 Å². The average molecular weight is 249 g/mol. The molecule has 2 aromatic rings. The Hall–Kier alpha value is -1.41. The topological polar surface area (TPSA) is 17.0 Å². The third-order valence-corrected chi connectivity index (χ3v) is 3.01. The van der Waals surface area contributed by atoms with Crippen LogP contribution in [0.15, 0.2) is 48.8 Å². The number of aromatic nitrogens is 1. The molecule has 1 N–H and O–H groups in total. The van der Waals surface area contributed by atoms with Gasteiger partial charge in [-0.3, -0.25) is 4.68 Å². The fraction of sp³-hybridized carbons (Fsp3) is 0.286. The summed E-state index contributed by atoms with van der Waals surface area (Å²) in [4.78, 5) is 0. The Morgan fingerprint density at radius 2 is 1.82 bits per heavy atom. The zero-order valence-electron chi connectivity index (χ0n) is 9.94. The van der Waals surface area contributed by atoms with Crippen molar-refractivity contribution in [1.82, 2.24) is 4.68 Å². The van der Waals surface area contributed by atoms with Gasteiger partial charge in [-0.05, 0) is 36.2 Å². The second-order valence-electron chi connectivity index (χ2n) is 4.11. The summed E-state index contributed by atoms with van der Waals surface area (Å²) in [5, 5.41) is 0.782. The molecule has 1 aromatic carbocycles. The highest BCUT2D eigenvalue weighted by Crippen LogP contribution is 2.21. The van der Waals surface area contributed by atoms with E-state index < -0.39 is 0 Å². The Bertz CT molecular complexity index is 434. The van der Waals surface area contributed by atoms with Gasteiger partial charge >= 0.3 is 0 Å². The molecule has 1 heterocycles. The molecule has 0 aliphatic heterocycles. The lowest BCUT2D eigenvalue weighted by molar-refractivity contribution is 0.611. The fourth-order valence-corrected chi connectivity index (χ4v) is 2.02. The van der Waals surface area contributed by atoms with E-state index in [0.29, 0.717) is 6.04 Å². The molecule has 0 saturated carbocycles. The standard InChI is InChI=1S/C14H17ClN2/c1-2-5-14(16-17-10-3-4-11-17)12-6-8-13(15)9-7-12/h3-4,6-11,14,16H,2,5H2,1H3. The van der Waals surface area contributed by atoms with Gasteiger partial charge in [-0.2, -0.15) is 0 Å². The van der Waals surface area contributed by atoms with Crippen LogP contribution in [-0.2, 0) is 0 Å². The van der Waals surface area contributed by atoms with Crippen molar-refractivity contribution in [3.8, 4) is 0 Å². The molecule has 0 bridgehead atoms. The van der Waals surface area contributed by atoms with E-state index in [2.05, 4.69) is 24.5 Å². The second-order valence-corrected chi connectivity index (χ2v) is 4.55. The number of halogens is 1. The van der Waals surface area contributed by atoms with Crippen LogP contribution in [0.5, 0.6) is 0 Å². The van der Waals surface area contributed by atoms with Gasteiger partial charge in [-0.15, -0.1) is 0 Å². The number of nitrogens with zero attached hydrogens (tertiary/aromatic N) is 1. The van der Waals surface area contributed by atoms with Crippen LogP contribution in [0.25, 0.3) is 0 Å². The molecule has 17 heavy (non-hydrogen) atoms. The molecule has 0 aliphatic carbocycles. The molecular weight excluding hydrogens is 232 g/mol. The minimum atomic E-state index is 0.324. The summed E-state index contributed by atoms with van der Waals surface area (Å²) in [7, 11) is 0. The summed E-state index contributed by atoms with van der Waals surface area (Å²) in [6, 6.07) is 12.4. The van der Waals surface area contributed by atoms with Gasteiger partial charge in [0, 0.05) is 17.4 Å². The molecule has 0 saturated heterocycles. The number of hydrogen-bond acceptors (Lipinski definition) is 1. The van der Waals surface area contributed by atoms with Gasteiger partial charge in [-0.25, -0.2) is 0 Å². The van der Waals surface area contributed by atoms with Crippen LogP contribution in [0, 0.1) is 0 Å². The van der Waals surface area contributed by atoms with Crippen LogP contribution >= 0.6 is 11.6 Å². The van der Waals surface area contributed by atoms with Crippen LogP contribution < -0.4 is 5.43 Å². The Morgan fingerprint density at radius 1 is 1.18 bits per heavy atom. The van der Waals surface area contributed by atoms with Crippen LogP contribution in [0.4, 0.5) is 0 Å². The average Bonchev–Trinajstić information content (AvgIpc) is 2.82. The molecule has 0 fully saturated rings. The summed E-state index contributed by atoms with van der Waals surface area (Å²) >= 11 is 5.91. The van der Waals surface area contributed by atoms with Crippen LogP contribution in [-0.4, -0.2) is 4.68 Å². The summed E-state index contributed by atoms with van der Waals surface area (Å²) in [6.07, 6.45) is 6.26. The third kappa shape index (κ3) is 3.27. The molecule has 0 spiro atoms. The van der Waals surface area contributed by atoms with E-state index in [-0.39, 0.29) is 0 Å². The van der Waals surface area contributed by atoms with Gasteiger partial charge in [-0.1, -0.05) is 37.1 Å². The van der Waals surface area contributed by atoms with Gasteiger partial charge in [0.15, 0.2) is 0 Å².